The van der Waals surface area contributed by atoms with E-state index in [2.05, 4.69) is 11.4 Å². The number of aryl methyl sites for hydroxylation is 1. The minimum Gasteiger partial charge on any atom is -0.326 e. The van der Waals surface area contributed by atoms with Crippen molar-refractivity contribution in [1.82, 2.24) is 0 Å². The average molecular weight is 176 g/mol. The SMILES string of the molecule is CCCC(=O)Nc1c[c]ccc1C. The predicted molar refractivity (Wildman–Crippen MR) is 53.6 cm³/mol. The van der Waals surface area contributed by atoms with Crippen LogP contribution >= 0.6 is 0 Å². The van der Waals surface area contributed by atoms with Gasteiger partial charge in [0.15, 0.2) is 0 Å². The molecular formula is C11H14NO. The van der Waals surface area contributed by atoms with Crippen LogP contribution in [0.3, 0.4) is 0 Å². The molecule has 0 aliphatic carbocycles. The molecule has 0 bridgehead atoms. The fourth-order valence-corrected chi connectivity index (χ4v) is 1.08. The van der Waals surface area contributed by atoms with Crippen LogP contribution in [0.4, 0.5) is 5.69 Å². The highest BCUT2D eigenvalue weighted by molar-refractivity contribution is 5.91. The summed E-state index contributed by atoms with van der Waals surface area (Å²) < 4.78 is 0. The lowest BCUT2D eigenvalue weighted by molar-refractivity contribution is -0.116. The Kier molecular flexibility index (Phi) is 3.50. The molecule has 0 heterocycles. The molecule has 2 heteroatoms. The Hall–Kier alpha value is -1.31. The molecule has 1 rings (SSSR count). The zero-order chi connectivity index (χ0) is 9.68. The summed E-state index contributed by atoms with van der Waals surface area (Å²) in [6.07, 6.45) is 1.45. The van der Waals surface area contributed by atoms with Crippen molar-refractivity contribution < 1.29 is 4.79 Å². The summed E-state index contributed by atoms with van der Waals surface area (Å²) in [6.45, 7) is 3.96. The van der Waals surface area contributed by atoms with Crippen LogP contribution in [0.25, 0.3) is 0 Å². The van der Waals surface area contributed by atoms with E-state index in [4.69, 9.17) is 0 Å². The summed E-state index contributed by atoms with van der Waals surface area (Å²) in [4.78, 5) is 11.2. The maximum atomic E-state index is 11.2. The summed E-state index contributed by atoms with van der Waals surface area (Å²) in [7, 11) is 0. The Morgan fingerprint density at radius 2 is 2.38 bits per heavy atom. The average Bonchev–Trinajstić information content (AvgIpc) is 2.09. The van der Waals surface area contributed by atoms with Gasteiger partial charge in [-0.2, -0.15) is 0 Å². The molecule has 1 amide bonds. The Morgan fingerprint density at radius 3 is 3.00 bits per heavy atom. The highest BCUT2D eigenvalue weighted by atomic mass is 16.1. The minimum absolute atomic E-state index is 0.0743. The number of hydrogen-bond acceptors (Lipinski definition) is 1. The fourth-order valence-electron chi connectivity index (χ4n) is 1.08. The lowest BCUT2D eigenvalue weighted by Gasteiger charge is -2.06. The van der Waals surface area contributed by atoms with Gasteiger partial charge in [-0.15, -0.1) is 0 Å². The summed E-state index contributed by atoms with van der Waals surface area (Å²) >= 11 is 0. The summed E-state index contributed by atoms with van der Waals surface area (Å²) in [5.74, 6) is 0.0743. The molecule has 0 spiro atoms. The number of benzene rings is 1. The van der Waals surface area contributed by atoms with E-state index in [-0.39, 0.29) is 5.91 Å². The second-order valence-corrected chi connectivity index (χ2v) is 3.04. The molecule has 1 radical (unpaired) electrons. The Morgan fingerprint density at radius 1 is 1.62 bits per heavy atom. The van der Waals surface area contributed by atoms with Crippen molar-refractivity contribution in [3.8, 4) is 0 Å². The van der Waals surface area contributed by atoms with E-state index in [0.29, 0.717) is 6.42 Å². The first kappa shape index (κ1) is 9.78. The quantitative estimate of drug-likeness (QED) is 0.753. The third-order valence-corrected chi connectivity index (χ3v) is 1.83. The third-order valence-electron chi connectivity index (χ3n) is 1.83. The van der Waals surface area contributed by atoms with Gasteiger partial charge in [-0.25, -0.2) is 0 Å². The molecule has 69 valence electrons. The van der Waals surface area contributed by atoms with Gasteiger partial charge in [0, 0.05) is 12.1 Å². The Bertz CT molecular complexity index is 294. The number of carbonyl (C=O) groups is 1. The van der Waals surface area contributed by atoms with Gasteiger partial charge in [0.25, 0.3) is 0 Å². The molecule has 0 aliphatic rings. The second-order valence-electron chi connectivity index (χ2n) is 3.04. The number of hydrogen-bond donors (Lipinski definition) is 1. The Labute approximate surface area is 79.0 Å². The van der Waals surface area contributed by atoms with Crippen molar-refractivity contribution >= 4 is 11.6 Å². The van der Waals surface area contributed by atoms with Gasteiger partial charge in [-0.3, -0.25) is 4.79 Å². The largest absolute Gasteiger partial charge is 0.326 e. The van der Waals surface area contributed by atoms with Crippen LogP contribution in [0.1, 0.15) is 25.3 Å². The molecule has 1 aromatic carbocycles. The standard InChI is InChI=1S/C11H14NO/c1-3-6-11(13)12-10-8-5-4-7-9(10)2/h4,7-8H,3,6H2,1-2H3,(H,12,13). The maximum Gasteiger partial charge on any atom is 0.224 e. The number of anilines is 1. The van der Waals surface area contributed by atoms with E-state index < -0.39 is 0 Å². The van der Waals surface area contributed by atoms with Gasteiger partial charge in [0.2, 0.25) is 5.91 Å². The first-order valence-electron chi connectivity index (χ1n) is 4.50. The van der Waals surface area contributed by atoms with E-state index in [0.717, 1.165) is 17.7 Å². The van der Waals surface area contributed by atoms with Gasteiger partial charge >= 0.3 is 0 Å². The molecular weight excluding hydrogens is 162 g/mol. The molecule has 1 N–H and O–H groups in total. The van der Waals surface area contributed by atoms with Gasteiger partial charge in [-0.05, 0) is 31.0 Å². The number of rotatable bonds is 3. The van der Waals surface area contributed by atoms with Crippen molar-refractivity contribution in [1.29, 1.82) is 0 Å². The van der Waals surface area contributed by atoms with Crippen LogP contribution in [0.15, 0.2) is 18.2 Å². The molecule has 0 fully saturated rings. The van der Waals surface area contributed by atoms with Crippen molar-refractivity contribution in [2.75, 3.05) is 5.32 Å². The van der Waals surface area contributed by atoms with Crippen LogP contribution in [-0.4, -0.2) is 5.91 Å². The van der Waals surface area contributed by atoms with Crippen molar-refractivity contribution in [3.63, 3.8) is 0 Å². The monoisotopic (exact) mass is 176 g/mol. The number of nitrogens with one attached hydrogen (secondary N) is 1. The van der Waals surface area contributed by atoms with E-state index in [1.807, 2.05) is 26.0 Å². The fraction of sp³-hybridized carbons (Fsp3) is 0.364. The van der Waals surface area contributed by atoms with E-state index >= 15 is 0 Å². The second kappa shape index (κ2) is 4.65. The van der Waals surface area contributed by atoms with Gasteiger partial charge in [0.1, 0.15) is 0 Å². The van der Waals surface area contributed by atoms with Crippen LogP contribution in [0, 0.1) is 13.0 Å². The van der Waals surface area contributed by atoms with Gasteiger partial charge in [-0.1, -0.05) is 19.1 Å². The molecule has 0 aromatic heterocycles. The Balaban J connectivity index is 2.63. The normalized spacial score (nSPS) is 9.69. The minimum atomic E-state index is 0.0743. The topological polar surface area (TPSA) is 29.1 Å². The van der Waals surface area contributed by atoms with Gasteiger partial charge < -0.3 is 5.32 Å². The van der Waals surface area contributed by atoms with Crippen molar-refractivity contribution in [3.05, 3.63) is 29.8 Å². The molecule has 13 heavy (non-hydrogen) atoms. The zero-order valence-corrected chi connectivity index (χ0v) is 8.05. The third kappa shape index (κ3) is 2.90. The molecule has 0 unspecified atom stereocenters. The first-order chi connectivity index (χ1) is 6.24. The molecule has 0 atom stereocenters. The first-order valence-corrected chi connectivity index (χ1v) is 4.50. The van der Waals surface area contributed by atoms with Crippen molar-refractivity contribution in [2.24, 2.45) is 0 Å². The zero-order valence-electron chi connectivity index (χ0n) is 8.05. The molecule has 0 aliphatic heterocycles. The van der Waals surface area contributed by atoms with Crippen LogP contribution in [0.2, 0.25) is 0 Å². The molecule has 0 saturated heterocycles. The van der Waals surface area contributed by atoms with Crippen LogP contribution in [-0.2, 0) is 4.79 Å². The smallest absolute Gasteiger partial charge is 0.224 e. The summed E-state index contributed by atoms with van der Waals surface area (Å²) in [5.41, 5.74) is 1.93. The lowest BCUT2D eigenvalue weighted by atomic mass is 10.2. The predicted octanol–water partition coefficient (Wildman–Crippen LogP) is 2.53. The number of amides is 1. The maximum absolute atomic E-state index is 11.2. The van der Waals surface area contributed by atoms with Crippen LogP contribution in [0.5, 0.6) is 0 Å². The summed E-state index contributed by atoms with van der Waals surface area (Å²) in [6, 6.07) is 8.50. The number of carbonyl (C=O) groups excluding carboxylic acids is 1. The molecule has 1 aromatic rings. The van der Waals surface area contributed by atoms with Crippen LogP contribution < -0.4 is 5.32 Å². The van der Waals surface area contributed by atoms with Crippen molar-refractivity contribution in [2.45, 2.75) is 26.7 Å². The lowest BCUT2D eigenvalue weighted by Crippen LogP contribution is -2.11. The highest BCUT2D eigenvalue weighted by Crippen LogP contribution is 2.12. The highest BCUT2D eigenvalue weighted by Gasteiger charge is 2.01. The molecule has 2 nitrogen and oxygen atoms in total. The van der Waals surface area contributed by atoms with Gasteiger partial charge in [0.05, 0.1) is 0 Å². The molecule has 0 saturated carbocycles. The summed E-state index contributed by atoms with van der Waals surface area (Å²) in [5, 5.41) is 2.84. The van der Waals surface area contributed by atoms with E-state index in [1.165, 1.54) is 0 Å². The van der Waals surface area contributed by atoms with E-state index in [9.17, 15) is 4.79 Å². The van der Waals surface area contributed by atoms with E-state index in [1.54, 1.807) is 6.07 Å².